The molecule has 0 spiro atoms. The van der Waals surface area contributed by atoms with Crippen molar-refractivity contribution in [1.82, 2.24) is 9.97 Å². The Morgan fingerprint density at radius 3 is 2.58 bits per heavy atom. The summed E-state index contributed by atoms with van der Waals surface area (Å²) in [4.78, 5) is 8.02. The van der Waals surface area contributed by atoms with E-state index in [4.69, 9.17) is 15.7 Å². The van der Waals surface area contributed by atoms with Gasteiger partial charge in [0.15, 0.2) is 5.84 Å². The van der Waals surface area contributed by atoms with Crippen LogP contribution in [-0.4, -0.2) is 27.6 Å². The predicted molar refractivity (Wildman–Crippen MR) is 73.4 cm³/mol. The van der Waals surface area contributed by atoms with Crippen LogP contribution in [0.25, 0.3) is 0 Å². The van der Waals surface area contributed by atoms with Gasteiger partial charge in [0.2, 0.25) is 5.88 Å². The Morgan fingerprint density at radius 1 is 1.21 bits per heavy atom. The Kier molecular flexibility index (Phi) is 7.31. The number of unbranched alkanes of at least 4 members (excludes halogenated alkanes) is 5. The van der Waals surface area contributed by atoms with Gasteiger partial charge < -0.3 is 15.7 Å². The molecule has 1 aromatic rings. The van der Waals surface area contributed by atoms with Crippen molar-refractivity contribution >= 4 is 5.84 Å². The van der Waals surface area contributed by atoms with Gasteiger partial charge in [-0.05, 0) is 6.42 Å². The molecule has 1 rings (SSSR count). The van der Waals surface area contributed by atoms with Crippen molar-refractivity contribution in [3.05, 3.63) is 18.1 Å². The van der Waals surface area contributed by atoms with E-state index in [-0.39, 0.29) is 5.84 Å². The molecule has 1 aromatic heterocycles. The first-order valence-electron chi connectivity index (χ1n) is 6.70. The maximum atomic E-state index is 8.48. The van der Waals surface area contributed by atoms with Crippen molar-refractivity contribution in [2.75, 3.05) is 6.61 Å². The zero-order chi connectivity index (χ0) is 13.9. The monoisotopic (exact) mass is 266 g/mol. The lowest BCUT2D eigenvalue weighted by molar-refractivity contribution is 0.292. The van der Waals surface area contributed by atoms with Gasteiger partial charge in [0.05, 0.1) is 19.0 Å². The summed E-state index contributed by atoms with van der Waals surface area (Å²) in [6, 6.07) is 0. The molecule has 0 radical (unpaired) electrons. The van der Waals surface area contributed by atoms with Crippen LogP contribution in [0.5, 0.6) is 5.88 Å². The third kappa shape index (κ3) is 6.03. The van der Waals surface area contributed by atoms with E-state index in [0.29, 0.717) is 18.2 Å². The average Bonchev–Trinajstić information content (AvgIpc) is 2.46. The van der Waals surface area contributed by atoms with E-state index < -0.39 is 0 Å². The van der Waals surface area contributed by atoms with Gasteiger partial charge in [-0.1, -0.05) is 44.2 Å². The second kappa shape index (κ2) is 9.13. The van der Waals surface area contributed by atoms with E-state index in [1.807, 2.05) is 0 Å². The largest absolute Gasteiger partial charge is 0.477 e. The summed E-state index contributed by atoms with van der Waals surface area (Å²) in [5.41, 5.74) is 5.71. The fourth-order valence-electron chi connectivity index (χ4n) is 1.63. The van der Waals surface area contributed by atoms with E-state index in [1.54, 1.807) is 0 Å². The van der Waals surface area contributed by atoms with Crippen LogP contribution in [0.3, 0.4) is 0 Å². The number of aromatic nitrogens is 2. The van der Waals surface area contributed by atoms with Gasteiger partial charge in [0.25, 0.3) is 0 Å². The summed E-state index contributed by atoms with van der Waals surface area (Å²) in [6.07, 6.45) is 10.2. The van der Waals surface area contributed by atoms with E-state index >= 15 is 0 Å². The van der Waals surface area contributed by atoms with Crippen LogP contribution < -0.4 is 10.5 Å². The first-order valence-corrected chi connectivity index (χ1v) is 6.70. The number of nitrogens with zero attached hydrogens (tertiary/aromatic N) is 3. The van der Waals surface area contributed by atoms with E-state index in [1.165, 1.54) is 44.5 Å². The lowest BCUT2D eigenvalue weighted by atomic mass is 10.1. The van der Waals surface area contributed by atoms with Gasteiger partial charge in [-0.25, -0.2) is 9.97 Å². The lowest BCUT2D eigenvalue weighted by Gasteiger charge is -2.05. The summed E-state index contributed by atoms with van der Waals surface area (Å²) < 4.78 is 5.46. The lowest BCUT2D eigenvalue weighted by Crippen LogP contribution is -2.15. The second-order valence-electron chi connectivity index (χ2n) is 4.34. The van der Waals surface area contributed by atoms with Crippen LogP contribution in [0.2, 0.25) is 0 Å². The molecule has 0 saturated carbocycles. The fraction of sp³-hybridized carbons (Fsp3) is 0.615. The van der Waals surface area contributed by atoms with Crippen LogP contribution in [0, 0.1) is 0 Å². The third-order valence-electron chi connectivity index (χ3n) is 2.75. The highest BCUT2D eigenvalue weighted by Gasteiger charge is 2.02. The topological polar surface area (TPSA) is 93.6 Å². The zero-order valence-electron chi connectivity index (χ0n) is 11.4. The molecule has 0 atom stereocenters. The highest BCUT2D eigenvalue weighted by molar-refractivity contribution is 5.94. The minimum atomic E-state index is -0.0602. The van der Waals surface area contributed by atoms with Crippen molar-refractivity contribution in [1.29, 1.82) is 0 Å². The molecule has 0 bridgehead atoms. The molecule has 19 heavy (non-hydrogen) atoms. The molecular formula is C13H22N4O2. The Bertz CT molecular complexity index is 379. The molecule has 0 fully saturated rings. The molecular weight excluding hydrogens is 244 g/mol. The molecule has 0 aliphatic carbocycles. The average molecular weight is 266 g/mol. The van der Waals surface area contributed by atoms with Crippen molar-refractivity contribution in [2.24, 2.45) is 10.9 Å². The Hall–Kier alpha value is -1.85. The maximum absolute atomic E-state index is 8.48. The molecule has 0 unspecified atom stereocenters. The van der Waals surface area contributed by atoms with Gasteiger partial charge in [0, 0.05) is 0 Å². The standard InChI is InChI=1S/C13H22N4O2/c1-2-3-4-5-6-7-8-19-12-10-15-11(9-16-12)13(14)17-18/h9-10,18H,2-8H2,1H3,(H2,14,17). The van der Waals surface area contributed by atoms with Gasteiger partial charge in [-0.2, -0.15) is 0 Å². The molecule has 0 saturated heterocycles. The van der Waals surface area contributed by atoms with Gasteiger partial charge in [-0.15, -0.1) is 0 Å². The molecule has 0 aromatic carbocycles. The Balaban J connectivity index is 2.19. The van der Waals surface area contributed by atoms with Gasteiger partial charge >= 0.3 is 0 Å². The molecule has 0 aliphatic heterocycles. The minimum absolute atomic E-state index is 0.0602. The number of ether oxygens (including phenoxy) is 1. The molecule has 6 nitrogen and oxygen atoms in total. The molecule has 3 N–H and O–H groups in total. The van der Waals surface area contributed by atoms with Crippen LogP contribution in [0.15, 0.2) is 17.5 Å². The smallest absolute Gasteiger partial charge is 0.232 e. The minimum Gasteiger partial charge on any atom is -0.477 e. The van der Waals surface area contributed by atoms with Gasteiger partial charge in [-0.3, -0.25) is 0 Å². The molecule has 0 aliphatic rings. The quantitative estimate of drug-likeness (QED) is 0.235. The van der Waals surface area contributed by atoms with Crippen molar-refractivity contribution < 1.29 is 9.94 Å². The highest BCUT2D eigenvalue weighted by Crippen LogP contribution is 2.08. The molecule has 0 amide bonds. The normalized spacial score (nSPS) is 11.5. The second-order valence-corrected chi connectivity index (χ2v) is 4.34. The maximum Gasteiger partial charge on any atom is 0.232 e. The van der Waals surface area contributed by atoms with Crippen molar-refractivity contribution in [3.63, 3.8) is 0 Å². The summed E-state index contributed by atoms with van der Waals surface area (Å²) in [7, 11) is 0. The summed E-state index contributed by atoms with van der Waals surface area (Å²) >= 11 is 0. The van der Waals surface area contributed by atoms with Crippen molar-refractivity contribution in [2.45, 2.75) is 45.4 Å². The summed E-state index contributed by atoms with van der Waals surface area (Å²) in [5, 5.41) is 11.3. The Labute approximate surface area is 113 Å². The predicted octanol–water partition coefficient (Wildman–Crippen LogP) is 2.31. The number of rotatable bonds is 9. The van der Waals surface area contributed by atoms with Crippen LogP contribution in [0.1, 0.15) is 51.1 Å². The van der Waals surface area contributed by atoms with Crippen molar-refractivity contribution in [3.8, 4) is 5.88 Å². The van der Waals surface area contributed by atoms with E-state index in [9.17, 15) is 0 Å². The zero-order valence-corrected chi connectivity index (χ0v) is 11.4. The SMILES string of the molecule is CCCCCCCCOc1cnc(C(N)=NO)cn1. The molecule has 6 heteroatoms. The third-order valence-corrected chi connectivity index (χ3v) is 2.75. The molecule has 106 valence electrons. The van der Waals surface area contributed by atoms with Crippen LogP contribution >= 0.6 is 0 Å². The number of nitrogens with two attached hydrogens (primary N) is 1. The summed E-state index contributed by atoms with van der Waals surface area (Å²) in [5.74, 6) is 0.401. The van der Waals surface area contributed by atoms with Crippen LogP contribution in [-0.2, 0) is 0 Å². The first kappa shape index (κ1) is 15.2. The Morgan fingerprint density at radius 2 is 1.95 bits per heavy atom. The first-order chi connectivity index (χ1) is 9.27. The van der Waals surface area contributed by atoms with E-state index in [2.05, 4.69) is 22.0 Å². The number of oxime groups is 1. The van der Waals surface area contributed by atoms with Gasteiger partial charge in [0.1, 0.15) is 5.69 Å². The van der Waals surface area contributed by atoms with E-state index in [0.717, 1.165) is 6.42 Å². The number of hydrogen-bond acceptors (Lipinski definition) is 5. The highest BCUT2D eigenvalue weighted by atomic mass is 16.5. The number of amidine groups is 1. The fourth-order valence-corrected chi connectivity index (χ4v) is 1.63. The summed E-state index contributed by atoms with van der Waals surface area (Å²) in [6.45, 7) is 2.85. The number of hydrogen-bond donors (Lipinski definition) is 2. The molecule has 1 heterocycles. The van der Waals surface area contributed by atoms with Crippen LogP contribution in [0.4, 0.5) is 0 Å².